The Labute approximate surface area is 177 Å². The lowest BCUT2D eigenvalue weighted by molar-refractivity contribution is 0.267. The highest BCUT2D eigenvalue weighted by molar-refractivity contribution is 9.10. The normalized spacial score (nSPS) is 10.6. The van der Waals surface area contributed by atoms with Crippen molar-refractivity contribution in [3.8, 4) is 11.5 Å². The Morgan fingerprint density at radius 1 is 1.04 bits per heavy atom. The fourth-order valence-corrected chi connectivity index (χ4v) is 3.46. The van der Waals surface area contributed by atoms with Gasteiger partial charge in [-0.1, -0.05) is 29.8 Å². The van der Waals surface area contributed by atoms with E-state index in [-0.39, 0.29) is 5.82 Å². The second kappa shape index (κ2) is 9.80. The van der Waals surface area contributed by atoms with Crippen LogP contribution in [-0.2, 0) is 13.2 Å². The average Bonchev–Trinajstić information content (AvgIpc) is 2.68. The van der Waals surface area contributed by atoms with Crippen LogP contribution in [0.25, 0.3) is 0 Å². The molecule has 0 unspecified atom stereocenters. The third kappa shape index (κ3) is 5.40. The summed E-state index contributed by atoms with van der Waals surface area (Å²) < 4.78 is 25.6. The van der Waals surface area contributed by atoms with Gasteiger partial charge < -0.3 is 14.8 Å². The Kier molecular flexibility index (Phi) is 7.18. The Morgan fingerprint density at radius 3 is 2.50 bits per heavy atom. The zero-order valence-corrected chi connectivity index (χ0v) is 17.7. The lowest BCUT2D eigenvalue weighted by atomic mass is 10.2. The van der Waals surface area contributed by atoms with Crippen LogP contribution in [0.4, 0.5) is 10.1 Å². The Hall–Kier alpha value is -2.24. The minimum atomic E-state index is -0.257. The van der Waals surface area contributed by atoms with Crippen LogP contribution in [0.2, 0.25) is 5.02 Å². The van der Waals surface area contributed by atoms with Crippen molar-refractivity contribution in [2.45, 2.75) is 20.1 Å². The van der Waals surface area contributed by atoms with Gasteiger partial charge in [0.15, 0.2) is 11.5 Å². The van der Waals surface area contributed by atoms with Gasteiger partial charge in [-0.15, -0.1) is 0 Å². The fraction of sp³-hybridized carbons (Fsp3) is 0.182. The van der Waals surface area contributed by atoms with Crippen molar-refractivity contribution < 1.29 is 13.9 Å². The third-order valence-corrected chi connectivity index (χ3v) is 5.00. The molecular weight excluding hydrogens is 445 g/mol. The number of halogens is 3. The molecule has 0 aliphatic heterocycles. The van der Waals surface area contributed by atoms with Crippen LogP contribution in [0.3, 0.4) is 0 Å². The molecule has 6 heteroatoms. The Bertz CT molecular complexity index is 934. The first-order chi connectivity index (χ1) is 13.6. The highest BCUT2D eigenvalue weighted by Crippen LogP contribution is 2.38. The van der Waals surface area contributed by atoms with Crippen molar-refractivity contribution in [3.05, 3.63) is 87.1 Å². The summed E-state index contributed by atoms with van der Waals surface area (Å²) in [6.07, 6.45) is 0. The van der Waals surface area contributed by atoms with Crippen LogP contribution in [-0.4, -0.2) is 6.61 Å². The van der Waals surface area contributed by atoms with Gasteiger partial charge >= 0.3 is 0 Å². The number of anilines is 1. The van der Waals surface area contributed by atoms with Crippen molar-refractivity contribution in [3.63, 3.8) is 0 Å². The van der Waals surface area contributed by atoms with Gasteiger partial charge in [0.05, 0.1) is 11.1 Å². The maximum atomic E-state index is 13.0. The lowest BCUT2D eigenvalue weighted by Crippen LogP contribution is -2.04. The summed E-state index contributed by atoms with van der Waals surface area (Å²) >= 11 is 9.79. The van der Waals surface area contributed by atoms with E-state index in [4.69, 9.17) is 21.1 Å². The van der Waals surface area contributed by atoms with E-state index in [2.05, 4.69) is 21.2 Å². The number of ether oxygens (including phenoxy) is 2. The molecule has 0 radical (unpaired) electrons. The second-order valence-electron chi connectivity index (χ2n) is 6.08. The molecule has 3 aromatic carbocycles. The van der Waals surface area contributed by atoms with Crippen LogP contribution >= 0.6 is 27.5 Å². The van der Waals surface area contributed by atoms with E-state index in [0.29, 0.717) is 36.3 Å². The number of rotatable bonds is 8. The quantitative estimate of drug-likeness (QED) is 0.396. The van der Waals surface area contributed by atoms with Crippen LogP contribution < -0.4 is 14.8 Å². The molecule has 0 bridgehead atoms. The molecule has 0 amide bonds. The maximum Gasteiger partial charge on any atom is 0.175 e. The summed E-state index contributed by atoms with van der Waals surface area (Å²) in [6, 6.07) is 17.7. The molecule has 0 saturated heterocycles. The molecule has 3 aromatic rings. The molecule has 28 heavy (non-hydrogen) atoms. The van der Waals surface area contributed by atoms with Crippen LogP contribution in [0.15, 0.2) is 65.1 Å². The second-order valence-corrected chi connectivity index (χ2v) is 7.34. The first kappa shape index (κ1) is 20.5. The summed E-state index contributed by atoms with van der Waals surface area (Å²) in [4.78, 5) is 0. The van der Waals surface area contributed by atoms with E-state index in [1.54, 1.807) is 12.1 Å². The molecule has 0 aliphatic rings. The van der Waals surface area contributed by atoms with Crippen molar-refractivity contribution in [1.29, 1.82) is 0 Å². The van der Waals surface area contributed by atoms with Crippen LogP contribution in [0, 0.1) is 5.82 Å². The molecule has 0 fully saturated rings. The molecule has 1 N–H and O–H groups in total. The summed E-state index contributed by atoms with van der Waals surface area (Å²) in [5.41, 5.74) is 2.75. The van der Waals surface area contributed by atoms with E-state index in [0.717, 1.165) is 21.3 Å². The molecule has 146 valence electrons. The van der Waals surface area contributed by atoms with Gasteiger partial charge in [0.1, 0.15) is 12.4 Å². The molecular formula is C22H20BrClFNO2. The fourth-order valence-electron chi connectivity index (χ4n) is 2.66. The van der Waals surface area contributed by atoms with E-state index >= 15 is 0 Å². The van der Waals surface area contributed by atoms with Crippen LogP contribution in [0.5, 0.6) is 11.5 Å². The third-order valence-electron chi connectivity index (χ3n) is 4.04. The number of hydrogen-bond donors (Lipinski definition) is 1. The lowest BCUT2D eigenvalue weighted by Gasteiger charge is -2.16. The molecule has 0 atom stereocenters. The van der Waals surface area contributed by atoms with Gasteiger partial charge in [-0.2, -0.15) is 0 Å². The number of nitrogens with one attached hydrogen (secondary N) is 1. The number of hydrogen-bond acceptors (Lipinski definition) is 3. The standard InChI is InChI=1S/C22H20BrClFNO2/c1-2-27-21-12-15(13-26-18-9-7-17(25)8-10-18)11-19(23)22(21)28-14-16-5-3-4-6-20(16)24/h3-12,26H,2,13-14H2,1H3. The van der Waals surface area contributed by atoms with E-state index in [1.165, 1.54) is 12.1 Å². The molecule has 0 aliphatic carbocycles. The SMILES string of the molecule is CCOc1cc(CNc2ccc(F)cc2)cc(Br)c1OCc1ccccc1Cl. The van der Waals surface area contributed by atoms with Crippen molar-refractivity contribution >= 4 is 33.2 Å². The van der Waals surface area contributed by atoms with E-state index in [9.17, 15) is 4.39 Å². The maximum absolute atomic E-state index is 13.0. The first-order valence-electron chi connectivity index (χ1n) is 8.87. The van der Waals surface area contributed by atoms with Crippen LogP contribution in [0.1, 0.15) is 18.1 Å². The van der Waals surface area contributed by atoms with Gasteiger partial charge in [0.2, 0.25) is 0 Å². The largest absolute Gasteiger partial charge is 0.490 e. The smallest absolute Gasteiger partial charge is 0.175 e. The Morgan fingerprint density at radius 2 is 1.79 bits per heavy atom. The van der Waals surface area contributed by atoms with Crippen molar-refractivity contribution in [2.75, 3.05) is 11.9 Å². The monoisotopic (exact) mass is 463 g/mol. The zero-order valence-electron chi connectivity index (χ0n) is 15.3. The van der Waals surface area contributed by atoms with Gasteiger partial charge in [-0.3, -0.25) is 0 Å². The molecule has 0 aromatic heterocycles. The molecule has 3 nitrogen and oxygen atoms in total. The predicted molar refractivity (Wildman–Crippen MR) is 115 cm³/mol. The Balaban J connectivity index is 1.75. The van der Waals surface area contributed by atoms with Gasteiger partial charge in [0, 0.05) is 22.8 Å². The summed E-state index contributed by atoms with van der Waals surface area (Å²) in [5, 5.41) is 3.93. The van der Waals surface area contributed by atoms with E-state index < -0.39 is 0 Å². The summed E-state index contributed by atoms with van der Waals surface area (Å²) in [5.74, 6) is 1.03. The average molecular weight is 465 g/mol. The number of benzene rings is 3. The minimum absolute atomic E-state index is 0.257. The topological polar surface area (TPSA) is 30.5 Å². The van der Waals surface area contributed by atoms with Crippen molar-refractivity contribution in [2.24, 2.45) is 0 Å². The molecule has 0 heterocycles. The van der Waals surface area contributed by atoms with Gasteiger partial charge in [0.25, 0.3) is 0 Å². The van der Waals surface area contributed by atoms with E-state index in [1.807, 2.05) is 43.3 Å². The minimum Gasteiger partial charge on any atom is -0.490 e. The highest BCUT2D eigenvalue weighted by atomic mass is 79.9. The highest BCUT2D eigenvalue weighted by Gasteiger charge is 2.13. The summed E-state index contributed by atoms with van der Waals surface area (Å²) in [7, 11) is 0. The van der Waals surface area contributed by atoms with Gasteiger partial charge in [-0.05, 0) is 70.9 Å². The molecule has 3 rings (SSSR count). The van der Waals surface area contributed by atoms with Crippen molar-refractivity contribution in [1.82, 2.24) is 0 Å². The first-order valence-corrected chi connectivity index (χ1v) is 10.0. The predicted octanol–water partition coefficient (Wildman–Crippen LogP) is 6.83. The molecule has 0 spiro atoms. The zero-order chi connectivity index (χ0) is 19.9. The molecule has 0 saturated carbocycles. The summed E-state index contributed by atoms with van der Waals surface area (Å²) in [6.45, 7) is 3.35. The van der Waals surface area contributed by atoms with Gasteiger partial charge in [-0.25, -0.2) is 4.39 Å².